The number of nitrogens with zero attached hydrogens (tertiary/aromatic N) is 2. The number of rotatable bonds is 2. The van der Waals surface area contributed by atoms with E-state index in [9.17, 15) is 4.79 Å². The minimum absolute atomic E-state index is 0.207. The Kier molecular flexibility index (Phi) is 2.91. The number of amides is 1. The van der Waals surface area contributed by atoms with Gasteiger partial charge in [0.05, 0.1) is 0 Å². The first-order chi connectivity index (χ1) is 8.08. The van der Waals surface area contributed by atoms with Gasteiger partial charge in [-0.25, -0.2) is 4.63 Å². The quantitative estimate of drug-likeness (QED) is 0.860. The molecule has 5 nitrogen and oxygen atoms in total. The van der Waals surface area contributed by atoms with E-state index >= 15 is 0 Å². The highest BCUT2D eigenvalue weighted by molar-refractivity contribution is 6.04. The summed E-state index contributed by atoms with van der Waals surface area (Å²) in [4.78, 5) is 12.0. The molecule has 1 heterocycles. The molecule has 17 heavy (non-hydrogen) atoms. The summed E-state index contributed by atoms with van der Waals surface area (Å²) in [6.07, 6.45) is 0. The number of carbonyl (C=O) groups excluding carboxylic acids is 1. The highest BCUT2D eigenvalue weighted by Gasteiger charge is 2.13. The zero-order valence-electron chi connectivity index (χ0n) is 9.94. The number of aromatic nitrogens is 2. The van der Waals surface area contributed by atoms with E-state index in [2.05, 4.69) is 20.3 Å². The molecule has 0 radical (unpaired) electrons. The minimum Gasteiger partial charge on any atom is -0.302 e. The summed E-state index contributed by atoms with van der Waals surface area (Å²) in [5.74, 6) is 0.149. The van der Waals surface area contributed by atoms with Crippen LogP contribution in [-0.4, -0.2) is 16.2 Å². The van der Waals surface area contributed by atoms with Crippen LogP contribution in [0.4, 0.5) is 5.82 Å². The van der Waals surface area contributed by atoms with Gasteiger partial charge in [0.2, 0.25) is 5.82 Å². The van der Waals surface area contributed by atoms with Gasteiger partial charge in [-0.3, -0.25) is 4.79 Å². The van der Waals surface area contributed by atoms with E-state index in [0.29, 0.717) is 17.1 Å². The standard InChI is InChI=1S/C12H13N3O2/c1-7-4-5-10(8(2)6-7)12(16)13-11-9(3)14-17-15-11/h4-6H,1-3H3,(H,13,15,16). The molecule has 5 heteroatoms. The van der Waals surface area contributed by atoms with Gasteiger partial charge in [0.25, 0.3) is 5.91 Å². The van der Waals surface area contributed by atoms with Gasteiger partial charge in [0, 0.05) is 5.56 Å². The topological polar surface area (TPSA) is 68.0 Å². The number of anilines is 1. The van der Waals surface area contributed by atoms with E-state index < -0.39 is 0 Å². The summed E-state index contributed by atoms with van der Waals surface area (Å²) < 4.78 is 4.52. The summed E-state index contributed by atoms with van der Waals surface area (Å²) in [6, 6.07) is 5.65. The molecule has 0 unspecified atom stereocenters. The van der Waals surface area contributed by atoms with Crippen molar-refractivity contribution < 1.29 is 9.42 Å². The van der Waals surface area contributed by atoms with Crippen LogP contribution in [0.25, 0.3) is 0 Å². The molecule has 0 saturated carbocycles. The molecule has 0 spiro atoms. The lowest BCUT2D eigenvalue weighted by Gasteiger charge is -2.06. The van der Waals surface area contributed by atoms with Gasteiger partial charge in [0.15, 0.2) is 0 Å². The van der Waals surface area contributed by atoms with Crippen LogP contribution in [0.1, 0.15) is 27.2 Å². The molecule has 1 amide bonds. The molecular weight excluding hydrogens is 218 g/mol. The van der Waals surface area contributed by atoms with Crippen molar-refractivity contribution in [2.24, 2.45) is 0 Å². The Balaban J connectivity index is 2.23. The molecule has 1 N–H and O–H groups in total. The van der Waals surface area contributed by atoms with Gasteiger partial charge in [0.1, 0.15) is 5.69 Å². The van der Waals surface area contributed by atoms with E-state index in [-0.39, 0.29) is 5.91 Å². The molecule has 0 atom stereocenters. The maximum Gasteiger partial charge on any atom is 0.257 e. The molecule has 2 aromatic rings. The summed E-state index contributed by atoms with van der Waals surface area (Å²) in [6.45, 7) is 5.60. The smallest absolute Gasteiger partial charge is 0.257 e. The Labute approximate surface area is 98.8 Å². The summed E-state index contributed by atoms with van der Waals surface area (Å²) in [5.41, 5.74) is 3.23. The molecule has 88 valence electrons. The molecule has 0 fully saturated rings. The molecule has 2 rings (SSSR count). The average Bonchev–Trinajstić information content (AvgIpc) is 2.64. The number of aryl methyl sites for hydroxylation is 3. The lowest BCUT2D eigenvalue weighted by molar-refractivity contribution is 0.102. The van der Waals surface area contributed by atoms with Crippen LogP contribution in [0, 0.1) is 20.8 Å². The molecule has 0 aliphatic heterocycles. The highest BCUT2D eigenvalue weighted by atomic mass is 16.6. The normalized spacial score (nSPS) is 10.3. The van der Waals surface area contributed by atoms with Crippen molar-refractivity contribution >= 4 is 11.7 Å². The second kappa shape index (κ2) is 4.37. The van der Waals surface area contributed by atoms with E-state index in [1.807, 2.05) is 26.0 Å². The molecule has 0 aliphatic carbocycles. The first kappa shape index (κ1) is 11.3. The second-order valence-corrected chi connectivity index (χ2v) is 3.97. The maximum absolute atomic E-state index is 12.0. The maximum atomic E-state index is 12.0. The number of hydrogen-bond acceptors (Lipinski definition) is 4. The molecule has 0 bridgehead atoms. The van der Waals surface area contributed by atoms with Gasteiger partial charge < -0.3 is 5.32 Å². The fourth-order valence-electron chi connectivity index (χ4n) is 1.59. The molecular formula is C12H13N3O2. The number of hydrogen-bond donors (Lipinski definition) is 1. The van der Waals surface area contributed by atoms with Crippen molar-refractivity contribution in [3.63, 3.8) is 0 Å². The van der Waals surface area contributed by atoms with Crippen LogP contribution in [0.2, 0.25) is 0 Å². The molecule has 0 saturated heterocycles. The zero-order chi connectivity index (χ0) is 12.4. The van der Waals surface area contributed by atoms with Gasteiger partial charge >= 0.3 is 0 Å². The third kappa shape index (κ3) is 2.33. The monoisotopic (exact) mass is 231 g/mol. The van der Waals surface area contributed by atoms with E-state index in [0.717, 1.165) is 11.1 Å². The number of carbonyl (C=O) groups is 1. The lowest BCUT2D eigenvalue weighted by atomic mass is 10.1. The minimum atomic E-state index is -0.207. The Morgan fingerprint density at radius 2 is 2.00 bits per heavy atom. The van der Waals surface area contributed by atoms with E-state index in [1.54, 1.807) is 13.0 Å². The zero-order valence-corrected chi connectivity index (χ0v) is 9.94. The highest BCUT2D eigenvalue weighted by Crippen LogP contribution is 2.14. The number of nitrogens with one attached hydrogen (secondary N) is 1. The van der Waals surface area contributed by atoms with Crippen LogP contribution in [0.15, 0.2) is 22.8 Å². The van der Waals surface area contributed by atoms with Crippen molar-refractivity contribution in [2.45, 2.75) is 20.8 Å². The van der Waals surface area contributed by atoms with Crippen molar-refractivity contribution in [1.29, 1.82) is 0 Å². The van der Waals surface area contributed by atoms with Crippen molar-refractivity contribution in [3.8, 4) is 0 Å². The van der Waals surface area contributed by atoms with Gasteiger partial charge in [-0.1, -0.05) is 22.9 Å². The second-order valence-electron chi connectivity index (χ2n) is 3.97. The van der Waals surface area contributed by atoms with E-state index in [1.165, 1.54) is 0 Å². The summed E-state index contributed by atoms with van der Waals surface area (Å²) in [7, 11) is 0. The van der Waals surface area contributed by atoms with Crippen LogP contribution in [0.3, 0.4) is 0 Å². The third-order valence-corrected chi connectivity index (χ3v) is 2.51. The van der Waals surface area contributed by atoms with Crippen molar-refractivity contribution in [3.05, 3.63) is 40.6 Å². The molecule has 1 aromatic carbocycles. The molecule has 0 aliphatic rings. The van der Waals surface area contributed by atoms with Crippen LogP contribution in [0.5, 0.6) is 0 Å². The Morgan fingerprint density at radius 1 is 1.24 bits per heavy atom. The van der Waals surface area contributed by atoms with Gasteiger partial charge in [-0.15, -0.1) is 0 Å². The van der Waals surface area contributed by atoms with Gasteiger partial charge in [-0.2, -0.15) is 0 Å². The first-order valence-electron chi connectivity index (χ1n) is 5.25. The van der Waals surface area contributed by atoms with Crippen LogP contribution >= 0.6 is 0 Å². The largest absolute Gasteiger partial charge is 0.302 e. The molecule has 1 aromatic heterocycles. The Bertz CT molecular complexity index is 561. The Hall–Kier alpha value is -2.17. The van der Waals surface area contributed by atoms with Crippen LogP contribution < -0.4 is 5.32 Å². The fourth-order valence-corrected chi connectivity index (χ4v) is 1.59. The fraction of sp³-hybridized carbons (Fsp3) is 0.250. The average molecular weight is 231 g/mol. The lowest BCUT2D eigenvalue weighted by Crippen LogP contribution is -2.14. The summed E-state index contributed by atoms with van der Waals surface area (Å²) in [5, 5.41) is 9.87. The predicted molar refractivity (Wildman–Crippen MR) is 62.9 cm³/mol. The van der Waals surface area contributed by atoms with Crippen molar-refractivity contribution in [2.75, 3.05) is 5.32 Å². The number of benzene rings is 1. The first-order valence-corrected chi connectivity index (χ1v) is 5.25. The van der Waals surface area contributed by atoms with Gasteiger partial charge in [-0.05, 0) is 37.6 Å². The van der Waals surface area contributed by atoms with Crippen LogP contribution in [-0.2, 0) is 0 Å². The third-order valence-electron chi connectivity index (χ3n) is 2.51. The predicted octanol–water partition coefficient (Wildman–Crippen LogP) is 2.25. The van der Waals surface area contributed by atoms with E-state index in [4.69, 9.17) is 0 Å². The van der Waals surface area contributed by atoms with Crippen molar-refractivity contribution in [1.82, 2.24) is 10.3 Å². The summed E-state index contributed by atoms with van der Waals surface area (Å²) >= 11 is 0. The SMILES string of the molecule is Cc1ccc(C(=O)Nc2nonc2C)c(C)c1. The Morgan fingerprint density at radius 3 is 2.59 bits per heavy atom.